The van der Waals surface area contributed by atoms with Gasteiger partial charge in [0.2, 0.25) is 0 Å². The molecule has 0 radical (unpaired) electrons. The maximum absolute atomic E-state index is 10.5. The lowest BCUT2D eigenvalue weighted by Crippen LogP contribution is -2.04. The third-order valence-corrected chi connectivity index (χ3v) is 3.15. The Morgan fingerprint density at radius 3 is 2.63 bits per heavy atom. The first-order valence-corrected chi connectivity index (χ1v) is 7.06. The van der Waals surface area contributed by atoms with E-state index in [1.54, 1.807) is 0 Å². The fraction of sp³-hybridized carbons (Fsp3) is 0.615. The molecule has 0 aliphatic heterocycles. The van der Waals surface area contributed by atoms with Crippen molar-refractivity contribution in [2.75, 3.05) is 11.9 Å². The van der Waals surface area contributed by atoms with Crippen molar-refractivity contribution in [1.82, 2.24) is 4.98 Å². The van der Waals surface area contributed by atoms with Crippen LogP contribution in [0.4, 0.5) is 11.5 Å². The zero-order chi connectivity index (χ0) is 14.1. The highest BCUT2D eigenvalue weighted by atomic mass is 35.5. The number of hydrogen-bond donors (Lipinski definition) is 1. The summed E-state index contributed by atoms with van der Waals surface area (Å²) < 4.78 is 0. The Hall–Kier alpha value is -1.36. The number of unbranched alkanes of at least 4 members (excludes halogenated alkanes) is 5. The fourth-order valence-corrected chi connectivity index (χ4v) is 2.00. The van der Waals surface area contributed by atoms with Crippen LogP contribution in [0.3, 0.4) is 0 Å². The van der Waals surface area contributed by atoms with Crippen LogP contribution in [-0.4, -0.2) is 16.5 Å². The minimum absolute atomic E-state index is 0.0879. The number of aromatic nitrogens is 1. The predicted molar refractivity (Wildman–Crippen MR) is 77.8 cm³/mol. The molecule has 6 heteroatoms. The third-order valence-electron chi connectivity index (χ3n) is 2.86. The molecule has 0 amide bonds. The molecule has 106 valence electrons. The lowest BCUT2D eigenvalue weighted by Gasteiger charge is -2.06. The number of rotatable bonds is 9. The molecule has 19 heavy (non-hydrogen) atoms. The summed E-state index contributed by atoms with van der Waals surface area (Å²) in [6, 6.07) is 1.32. The maximum Gasteiger partial charge on any atom is 0.289 e. The van der Waals surface area contributed by atoms with Gasteiger partial charge in [-0.25, -0.2) is 4.98 Å². The SMILES string of the molecule is CCCCCCCCNc1ncc([N+](=O)[O-])cc1Cl. The van der Waals surface area contributed by atoms with Crippen molar-refractivity contribution < 1.29 is 4.92 Å². The van der Waals surface area contributed by atoms with Gasteiger partial charge < -0.3 is 5.32 Å². The van der Waals surface area contributed by atoms with Crippen molar-refractivity contribution in [3.8, 4) is 0 Å². The number of hydrogen-bond acceptors (Lipinski definition) is 4. The summed E-state index contributed by atoms with van der Waals surface area (Å²) in [7, 11) is 0. The van der Waals surface area contributed by atoms with E-state index < -0.39 is 4.92 Å². The van der Waals surface area contributed by atoms with E-state index in [-0.39, 0.29) is 5.69 Å². The van der Waals surface area contributed by atoms with Gasteiger partial charge in [0.1, 0.15) is 12.0 Å². The molecule has 1 N–H and O–H groups in total. The Balaban J connectivity index is 2.28. The number of nitrogens with zero attached hydrogens (tertiary/aromatic N) is 2. The molecule has 1 heterocycles. The molecule has 0 spiro atoms. The second-order valence-electron chi connectivity index (χ2n) is 4.48. The zero-order valence-electron chi connectivity index (χ0n) is 11.2. The van der Waals surface area contributed by atoms with Crippen molar-refractivity contribution in [3.05, 3.63) is 27.4 Å². The van der Waals surface area contributed by atoms with Crippen molar-refractivity contribution in [3.63, 3.8) is 0 Å². The third kappa shape index (κ3) is 5.87. The molecule has 0 unspecified atom stereocenters. The zero-order valence-corrected chi connectivity index (χ0v) is 11.9. The van der Waals surface area contributed by atoms with Gasteiger partial charge >= 0.3 is 0 Å². The van der Waals surface area contributed by atoms with E-state index in [2.05, 4.69) is 17.2 Å². The molecule has 1 rings (SSSR count). The Bertz CT molecular complexity index is 413. The van der Waals surface area contributed by atoms with E-state index in [1.165, 1.54) is 44.4 Å². The standard InChI is InChI=1S/C13H20ClN3O2/c1-2-3-4-5-6-7-8-15-13-12(14)9-11(10-16-13)17(18)19/h9-10H,2-8H2,1H3,(H,15,16). The number of anilines is 1. The lowest BCUT2D eigenvalue weighted by molar-refractivity contribution is -0.385. The summed E-state index contributed by atoms with van der Waals surface area (Å²) in [6.07, 6.45) is 8.53. The number of halogens is 1. The van der Waals surface area contributed by atoms with E-state index in [4.69, 9.17) is 11.6 Å². The summed E-state index contributed by atoms with van der Waals surface area (Å²) >= 11 is 5.93. The molecule has 0 aliphatic carbocycles. The van der Waals surface area contributed by atoms with E-state index >= 15 is 0 Å². The van der Waals surface area contributed by atoms with E-state index in [0.717, 1.165) is 13.0 Å². The van der Waals surface area contributed by atoms with E-state index in [9.17, 15) is 10.1 Å². The molecule has 0 aromatic carbocycles. The number of pyridine rings is 1. The van der Waals surface area contributed by atoms with Crippen LogP contribution < -0.4 is 5.32 Å². The first kappa shape index (κ1) is 15.7. The minimum Gasteiger partial charge on any atom is -0.369 e. The first-order valence-electron chi connectivity index (χ1n) is 6.69. The first-order chi connectivity index (χ1) is 9.15. The Morgan fingerprint density at radius 2 is 2.00 bits per heavy atom. The van der Waals surface area contributed by atoms with Crippen LogP contribution in [0.1, 0.15) is 45.4 Å². The molecular weight excluding hydrogens is 266 g/mol. The quantitative estimate of drug-likeness (QED) is 0.414. The van der Waals surface area contributed by atoms with Gasteiger partial charge in [-0.15, -0.1) is 0 Å². The monoisotopic (exact) mass is 285 g/mol. The molecule has 0 saturated heterocycles. The summed E-state index contributed by atoms with van der Waals surface area (Å²) in [4.78, 5) is 14.0. The number of nitrogens with one attached hydrogen (secondary N) is 1. The Labute approximate surface area is 118 Å². The van der Waals surface area contributed by atoms with Crippen LogP contribution >= 0.6 is 11.6 Å². The van der Waals surface area contributed by atoms with E-state index in [0.29, 0.717) is 10.8 Å². The normalized spacial score (nSPS) is 10.4. The fourth-order valence-electron chi connectivity index (χ4n) is 1.77. The highest BCUT2D eigenvalue weighted by molar-refractivity contribution is 6.33. The molecule has 0 bridgehead atoms. The van der Waals surface area contributed by atoms with Crippen molar-refractivity contribution >= 4 is 23.1 Å². The smallest absolute Gasteiger partial charge is 0.289 e. The average molecular weight is 286 g/mol. The summed E-state index contributed by atoms with van der Waals surface area (Å²) in [5.41, 5.74) is -0.0879. The lowest BCUT2D eigenvalue weighted by atomic mass is 10.1. The highest BCUT2D eigenvalue weighted by Crippen LogP contribution is 2.23. The topological polar surface area (TPSA) is 68.1 Å². The highest BCUT2D eigenvalue weighted by Gasteiger charge is 2.10. The van der Waals surface area contributed by atoms with Gasteiger partial charge in [-0.05, 0) is 6.42 Å². The second-order valence-corrected chi connectivity index (χ2v) is 4.88. The molecule has 1 aromatic heterocycles. The molecule has 0 saturated carbocycles. The summed E-state index contributed by atoms with van der Waals surface area (Å²) in [5.74, 6) is 0.515. The Morgan fingerprint density at radius 1 is 1.32 bits per heavy atom. The Kier molecular flexibility index (Phi) is 7.18. The minimum atomic E-state index is -0.504. The van der Waals surface area contributed by atoms with Crippen molar-refractivity contribution in [1.29, 1.82) is 0 Å². The molecule has 5 nitrogen and oxygen atoms in total. The second kappa shape index (κ2) is 8.69. The van der Waals surface area contributed by atoms with Crippen LogP contribution in [0.2, 0.25) is 5.02 Å². The average Bonchev–Trinajstić information content (AvgIpc) is 2.39. The van der Waals surface area contributed by atoms with Crippen LogP contribution in [0, 0.1) is 10.1 Å². The van der Waals surface area contributed by atoms with Gasteiger partial charge in [-0.3, -0.25) is 10.1 Å². The van der Waals surface area contributed by atoms with Crippen LogP contribution in [0.25, 0.3) is 0 Å². The summed E-state index contributed by atoms with van der Waals surface area (Å²) in [5, 5.41) is 13.9. The largest absolute Gasteiger partial charge is 0.369 e. The van der Waals surface area contributed by atoms with Crippen molar-refractivity contribution in [2.24, 2.45) is 0 Å². The van der Waals surface area contributed by atoms with Gasteiger partial charge in [-0.1, -0.05) is 50.6 Å². The van der Waals surface area contributed by atoms with Gasteiger partial charge in [0.05, 0.1) is 9.95 Å². The maximum atomic E-state index is 10.5. The van der Waals surface area contributed by atoms with Gasteiger partial charge in [0.25, 0.3) is 5.69 Å². The molecule has 0 fully saturated rings. The molecule has 0 atom stereocenters. The number of nitro groups is 1. The summed E-state index contributed by atoms with van der Waals surface area (Å²) in [6.45, 7) is 2.99. The van der Waals surface area contributed by atoms with Gasteiger partial charge in [0.15, 0.2) is 0 Å². The van der Waals surface area contributed by atoms with Gasteiger partial charge in [-0.2, -0.15) is 0 Å². The molecule has 1 aromatic rings. The molecular formula is C13H20ClN3O2. The predicted octanol–water partition coefficient (Wildman–Crippen LogP) is 4.42. The van der Waals surface area contributed by atoms with E-state index in [1.807, 2.05) is 0 Å². The van der Waals surface area contributed by atoms with Crippen molar-refractivity contribution in [2.45, 2.75) is 45.4 Å². The van der Waals surface area contributed by atoms with Crippen LogP contribution in [0.15, 0.2) is 12.3 Å². The van der Waals surface area contributed by atoms with Crippen LogP contribution in [-0.2, 0) is 0 Å². The van der Waals surface area contributed by atoms with Gasteiger partial charge in [0, 0.05) is 12.6 Å². The van der Waals surface area contributed by atoms with Crippen LogP contribution in [0.5, 0.6) is 0 Å². The molecule has 0 aliphatic rings.